The second kappa shape index (κ2) is 10.3. The minimum Gasteiger partial charge on any atom is -0.481 e. The number of aromatic nitrogens is 3. The van der Waals surface area contributed by atoms with Gasteiger partial charge in [0.05, 0.1) is 37.2 Å². The molecule has 5 heterocycles. The second-order valence-electron chi connectivity index (χ2n) is 12.3. The molecule has 230 valence electrons. The lowest BCUT2D eigenvalue weighted by Crippen LogP contribution is -2.65. The maximum absolute atomic E-state index is 15.6. The van der Waals surface area contributed by atoms with Crippen molar-refractivity contribution in [1.29, 1.82) is 0 Å². The van der Waals surface area contributed by atoms with Crippen LogP contribution in [0.25, 0.3) is 11.3 Å². The Morgan fingerprint density at radius 3 is 2.66 bits per heavy atom. The average molecular weight is 604 g/mol. The van der Waals surface area contributed by atoms with Crippen LogP contribution < -0.4 is 25.0 Å². The van der Waals surface area contributed by atoms with Crippen molar-refractivity contribution >= 4 is 29.4 Å². The number of anilines is 3. The molecule has 0 bridgehead atoms. The molecule has 13 heteroatoms. The third-order valence-corrected chi connectivity index (χ3v) is 8.99. The van der Waals surface area contributed by atoms with Crippen LogP contribution in [0.2, 0.25) is 0 Å². The Morgan fingerprint density at radius 2 is 1.98 bits per heavy atom. The van der Waals surface area contributed by atoms with Crippen LogP contribution >= 0.6 is 0 Å². The van der Waals surface area contributed by atoms with Gasteiger partial charge in [0.1, 0.15) is 22.8 Å². The van der Waals surface area contributed by atoms with E-state index in [1.807, 2.05) is 20.8 Å². The largest absolute Gasteiger partial charge is 0.481 e. The monoisotopic (exact) mass is 603 g/mol. The summed E-state index contributed by atoms with van der Waals surface area (Å²) in [5.41, 5.74) is 0.163. The van der Waals surface area contributed by atoms with Crippen molar-refractivity contribution in [2.45, 2.75) is 51.4 Å². The van der Waals surface area contributed by atoms with Crippen molar-refractivity contribution in [2.75, 3.05) is 48.8 Å². The van der Waals surface area contributed by atoms with E-state index in [-0.39, 0.29) is 52.2 Å². The molecule has 1 aliphatic carbocycles. The summed E-state index contributed by atoms with van der Waals surface area (Å²) in [4.78, 5) is 44.1. The fourth-order valence-corrected chi connectivity index (χ4v) is 6.66. The Morgan fingerprint density at radius 1 is 1.14 bits per heavy atom. The van der Waals surface area contributed by atoms with Crippen LogP contribution in [-0.4, -0.2) is 82.9 Å². The van der Waals surface area contributed by atoms with Gasteiger partial charge in [-0.2, -0.15) is 9.97 Å². The Labute approximate surface area is 253 Å². The molecule has 3 amide bonds. The second-order valence-corrected chi connectivity index (χ2v) is 12.3. The fourth-order valence-electron chi connectivity index (χ4n) is 6.66. The normalized spacial score (nSPS) is 24.5. The first-order valence-electron chi connectivity index (χ1n) is 14.8. The van der Waals surface area contributed by atoms with E-state index in [1.54, 1.807) is 29.2 Å². The number of benzene rings is 1. The first kappa shape index (κ1) is 28.3. The predicted molar refractivity (Wildman–Crippen MR) is 160 cm³/mol. The number of hydrogen-bond donors (Lipinski definition) is 2. The van der Waals surface area contributed by atoms with Gasteiger partial charge < -0.3 is 29.3 Å². The number of ether oxygens (including phenoxy) is 3. The molecule has 7 rings (SSSR count). The third kappa shape index (κ3) is 4.66. The van der Waals surface area contributed by atoms with Crippen LogP contribution in [0.15, 0.2) is 36.4 Å². The summed E-state index contributed by atoms with van der Waals surface area (Å²) in [6.07, 6.45) is 2.57. The van der Waals surface area contributed by atoms with Crippen molar-refractivity contribution in [3.63, 3.8) is 0 Å². The minimum atomic E-state index is -0.714. The molecular formula is C31H34FN7O5. The van der Waals surface area contributed by atoms with Gasteiger partial charge in [-0.15, -0.1) is 0 Å². The first-order valence-corrected chi connectivity index (χ1v) is 14.8. The molecule has 2 saturated heterocycles. The van der Waals surface area contributed by atoms with E-state index in [2.05, 4.69) is 20.5 Å². The Balaban J connectivity index is 1.23. The number of fused-ring (bicyclic) bond motifs is 1. The summed E-state index contributed by atoms with van der Waals surface area (Å²) in [6, 6.07) is 8.52. The number of urea groups is 1. The van der Waals surface area contributed by atoms with Crippen LogP contribution in [0, 0.1) is 11.2 Å². The number of rotatable bonds is 6. The van der Waals surface area contributed by atoms with Gasteiger partial charge in [-0.25, -0.2) is 14.2 Å². The summed E-state index contributed by atoms with van der Waals surface area (Å²) in [5, 5.41) is 5.07. The predicted octanol–water partition coefficient (Wildman–Crippen LogP) is 4.33. The van der Waals surface area contributed by atoms with Crippen molar-refractivity contribution in [1.82, 2.24) is 19.9 Å². The molecule has 3 aromatic rings. The van der Waals surface area contributed by atoms with E-state index in [9.17, 15) is 9.59 Å². The number of methoxy groups -OCH3 is 1. The highest BCUT2D eigenvalue weighted by atomic mass is 19.1. The quantitative estimate of drug-likeness (QED) is 0.423. The summed E-state index contributed by atoms with van der Waals surface area (Å²) in [6.45, 7) is 7.92. The lowest BCUT2D eigenvalue weighted by atomic mass is 9.60. The fraction of sp³-hybridized carbons (Fsp3) is 0.452. The van der Waals surface area contributed by atoms with Crippen LogP contribution in [-0.2, 0) is 4.74 Å². The molecule has 3 atom stereocenters. The van der Waals surface area contributed by atoms with E-state index < -0.39 is 17.4 Å². The first-order chi connectivity index (χ1) is 21.1. The molecule has 1 aromatic carbocycles. The third-order valence-electron chi connectivity index (χ3n) is 8.99. The van der Waals surface area contributed by atoms with E-state index >= 15 is 4.39 Å². The maximum Gasteiger partial charge on any atom is 0.324 e. The van der Waals surface area contributed by atoms with E-state index in [4.69, 9.17) is 24.2 Å². The van der Waals surface area contributed by atoms with Crippen molar-refractivity contribution in [3.8, 4) is 23.0 Å². The van der Waals surface area contributed by atoms with Crippen LogP contribution in [0.3, 0.4) is 0 Å². The minimum absolute atomic E-state index is 0.0585. The molecule has 3 aliphatic heterocycles. The van der Waals surface area contributed by atoms with Gasteiger partial charge in [0, 0.05) is 36.7 Å². The number of nitrogens with one attached hydrogen (secondary N) is 2. The standard InChI is InChI=1S/C31H34FN7O5/c1-5-38-15-30(2,3)44-26-24(27(38)40)25(36-28(37-26)39-14-21-31(16-39)12-11-20(31)43-21)17-9-10-19(18(32)13-17)33-29(41)35-22-7-6-8-23(34-22)42-4/h6-10,13,20-21H,5,11-12,14-16H2,1-4H3,(H2,33,34,35,41). The molecule has 12 nitrogen and oxygen atoms in total. The van der Waals surface area contributed by atoms with Crippen molar-refractivity contribution in [3.05, 3.63) is 47.8 Å². The highest BCUT2D eigenvalue weighted by molar-refractivity contribution is 6.03. The van der Waals surface area contributed by atoms with Crippen LogP contribution in [0.5, 0.6) is 11.8 Å². The topological polar surface area (TPSA) is 131 Å². The highest BCUT2D eigenvalue weighted by Crippen LogP contribution is 2.59. The van der Waals surface area contributed by atoms with Crippen molar-refractivity contribution < 1.29 is 28.2 Å². The number of likely N-dealkylation sites (N-methyl/N-ethyl adjacent to an activating group) is 1. The van der Waals surface area contributed by atoms with E-state index in [0.29, 0.717) is 37.0 Å². The van der Waals surface area contributed by atoms with Crippen molar-refractivity contribution in [2.24, 2.45) is 5.41 Å². The number of carbonyl (C=O) groups excluding carboxylic acids is 2. The Hall–Kier alpha value is -4.52. The van der Waals surface area contributed by atoms with Gasteiger partial charge >= 0.3 is 6.03 Å². The Bertz CT molecular complexity index is 1670. The number of amides is 3. The molecule has 1 spiro atoms. The van der Waals surface area contributed by atoms with Gasteiger partial charge in [0.2, 0.25) is 17.7 Å². The number of hydrogen-bond acceptors (Lipinski definition) is 9. The van der Waals surface area contributed by atoms with Crippen LogP contribution in [0.1, 0.15) is 44.0 Å². The SMILES string of the molecule is CCN1CC(C)(C)Oc2nc(N3CC4OC5CCC54C3)nc(-c3ccc(NC(=O)Nc4cccc(OC)n4)c(F)c3)c2C1=O. The Kier molecular flexibility index (Phi) is 6.61. The zero-order valence-corrected chi connectivity index (χ0v) is 25.0. The number of nitrogens with zero attached hydrogens (tertiary/aromatic N) is 5. The molecule has 4 aliphatic rings. The lowest BCUT2D eigenvalue weighted by Gasteiger charge is -2.59. The molecule has 3 unspecified atom stereocenters. The van der Waals surface area contributed by atoms with E-state index in [1.165, 1.54) is 19.2 Å². The summed E-state index contributed by atoms with van der Waals surface area (Å²) in [5.74, 6) is 0.162. The van der Waals surface area contributed by atoms with Gasteiger partial charge in [0.25, 0.3) is 5.91 Å². The molecule has 1 saturated carbocycles. The molecule has 44 heavy (non-hydrogen) atoms. The van der Waals surface area contributed by atoms with Gasteiger partial charge in [-0.05, 0) is 51.8 Å². The zero-order chi connectivity index (χ0) is 30.8. The molecule has 0 radical (unpaired) electrons. The summed E-state index contributed by atoms with van der Waals surface area (Å²) < 4.78 is 33.1. The van der Waals surface area contributed by atoms with E-state index in [0.717, 1.165) is 19.4 Å². The average Bonchev–Trinajstić information content (AvgIpc) is 3.32. The number of halogens is 1. The summed E-state index contributed by atoms with van der Waals surface area (Å²) in [7, 11) is 1.47. The number of carbonyl (C=O) groups is 2. The van der Waals surface area contributed by atoms with Gasteiger partial charge in [-0.3, -0.25) is 10.1 Å². The molecular weight excluding hydrogens is 569 g/mol. The van der Waals surface area contributed by atoms with Gasteiger partial charge in [0.15, 0.2) is 0 Å². The molecule has 2 aromatic heterocycles. The van der Waals surface area contributed by atoms with Crippen LogP contribution in [0.4, 0.5) is 26.6 Å². The van der Waals surface area contributed by atoms with Gasteiger partial charge in [-0.1, -0.05) is 12.1 Å². The summed E-state index contributed by atoms with van der Waals surface area (Å²) >= 11 is 0. The molecule has 2 N–H and O–H groups in total. The smallest absolute Gasteiger partial charge is 0.324 e. The number of pyridine rings is 1. The lowest BCUT2D eigenvalue weighted by molar-refractivity contribution is -0.279. The highest BCUT2D eigenvalue weighted by Gasteiger charge is 2.66. The molecule has 3 fully saturated rings. The zero-order valence-electron chi connectivity index (χ0n) is 25.0. The maximum atomic E-state index is 15.6.